The van der Waals surface area contributed by atoms with Gasteiger partial charge in [-0.05, 0) is 18.8 Å². The fourth-order valence-electron chi connectivity index (χ4n) is 1.48. The molecule has 0 aromatic carbocycles. The summed E-state index contributed by atoms with van der Waals surface area (Å²) in [6.07, 6.45) is 1.82. The molecule has 0 unspecified atom stereocenters. The van der Waals surface area contributed by atoms with Crippen molar-refractivity contribution in [2.75, 3.05) is 19.6 Å². The van der Waals surface area contributed by atoms with Crippen molar-refractivity contribution in [3.05, 3.63) is 0 Å². The van der Waals surface area contributed by atoms with Gasteiger partial charge < -0.3 is 5.73 Å². The largest absolute Gasteiger partial charge is 0.392 e. The van der Waals surface area contributed by atoms with E-state index in [-0.39, 0.29) is 11.5 Å². The zero-order chi connectivity index (χ0) is 11.5. The summed E-state index contributed by atoms with van der Waals surface area (Å²) < 4.78 is 27.2. The fourth-order valence-corrected chi connectivity index (χ4v) is 2.85. The van der Waals surface area contributed by atoms with Crippen LogP contribution in [0.25, 0.3) is 0 Å². The van der Waals surface area contributed by atoms with Gasteiger partial charge in [-0.2, -0.15) is 17.4 Å². The van der Waals surface area contributed by atoms with E-state index in [1.54, 1.807) is 0 Å². The maximum atomic E-state index is 11.7. The Balaban J connectivity index is 2.50. The van der Waals surface area contributed by atoms with Gasteiger partial charge in [0.25, 0.3) is 10.2 Å². The molecule has 0 aromatic rings. The SMILES string of the molecule is CC1CCN(S(=O)(=O)NCC(N)=S)CC1. The fraction of sp³-hybridized carbons (Fsp3) is 0.875. The molecule has 1 heterocycles. The Bertz CT molecular complexity index is 321. The first-order valence-electron chi connectivity index (χ1n) is 4.95. The van der Waals surface area contributed by atoms with Crippen molar-refractivity contribution in [3.8, 4) is 0 Å². The van der Waals surface area contributed by atoms with Crippen LogP contribution in [0.2, 0.25) is 0 Å². The molecule has 1 rings (SSSR count). The van der Waals surface area contributed by atoms with Crippen molar-refractivity contribution in [3.63, 3.8) is 0 Å². The molecule has 0 radical (unpaired) electrons. The number of rotatable bonds is 4. The molecule has 0 amide bonds. The lowest BCUT2D eigenvalue weighted by atomic mass is 10.0. The molecule has 1 saturated heterocycles. The molecule has 88 valence electrons. The number of hydrogen-bond acceptors (Lipinski definition) is 3. The molecular weight excluding hydrogens is 234 g/mol. The van der Waals surface area contributed by atoms with Gasteiger partial charge in [0.05, 0.1) is 11.5 Å². The molecule has 0 atom stereocenters. The molecule has 1 aliphatic rings. The van der Waals surface area contributed by atoms with E-state index in [9.17, 15) is 8.42 Å². The first-order valence-corrected chi connectivity index (χ1v) is 6.79. The molecular formula is C8H17N3O2S2. The minimum Gasteiger partial charge on any atom is -0.392 e. The predicted molar refractivity (Wildman–Crippen MR) is 63.7 cm³/mol. The van der Waals surface area contributed by atoms with Crippen LogP contribution in [0.5, 0.6) is 0 Å². The van der Waals surface area contributed by atoms with Gasteiger partial charge in [0.1, 0.15) is 0 Å². The smallest absolute Gasteiger partial charge is 0.279 e. The normalized spacial score (nSPS) is 20.3. The first kappa shape index (κ1) is 12.8. The van der Waals surface area contributed by atoms with Crippen LogP contribution >= 0.6 is 12.2 Å². The molecule has 1 fully saturated rings. The van der Waals surface area contributed by atoms with Crippen molar-refractivity contribution in [1.29, 1.82) is 0 Å². The number of thiocarbonyl (C=S) groups is 1. The van der Waals surface area contributed by atoms with E-state index in [2.05, 4.69) is 23.9 Å². The Kier molecular flexibility index (Phi) is 4.45. The van der Waals surface area contributed by atoms with Gasteiger partial charge in [-0.25, -0.2) is 0 Å². The second-order valence-corrected chi connectivity index (χ2v) is 6.15. The van der Waals surface area contributed by atoms with Crippen LogP contribution in [0.15, 0.2) is 0 Å². The predicted octanol–water partition coefficient (Wildman–Crippen LogP) is -0.161. The van der Waals surface area contributed by atoms with Crippen molar-refractivity contribution in [2.45, 2.75) is 19.8 Å². The number of nitrogens with one attached hydrogen (secondary N) is 1. The quantitative estimate of drug-likeness (QED) is 0.681. The van der Waals surface area contributed by atoms with Crippen LogP contribution in [0.4, 0.5) is 0 Å². The maximum Gasteiger partial charge on any atom is 0.279 e. The molecule has 7 heteroatoms. The summed E-state index contributed by atoms with van der Waals surface area (Å²) in [4.78, 5) is 0.156. The van der Waals surface area contributed by atoms with Crippen LogP contribution in [-0.2, 0) is 10.2 Å². The Morgan fingerprint density at radius 1 is 1.53 bits per heavy atom. The van der Waals surface area contributed by atoms with Gasteiger partial charge in [-0.3, -0.25) is 0 Å². The highest BCUT2D eigenvalue weighted by molar-refractivity contribution is 7.87. The molecule has 0 bridgehead atoms. The van der Waals surface area contributed by atoms with Crippen LogP contribution < -0.4 is 10.5 Å². The van der Waals surface area contributed by atoms with Crippen LogP contribution in [0, 0.1) is 5.92 Å². The lowest BCUT2D eigenvalue weighted by molar-refractivity contribution is 0.285. The standard InChI is InChI=1S/C8H17N3O2S2/c1-7-2-4-11(5-3-7)15(12,13)10-6-8(9)14/h7,10H,2-6H2,1H3,(H2,9,14). The Labute approximate surface area is 96.2 Å². The average Bonchev–Trinajstić information content (AvgIpc) is 2.16. The highest BCUT2D eigenvalue weighted by Crippen LogP contribution is 2.17. The van der Waals surface area contributed by atoms with E-state index in [1.807, 2.05) is 0 Å². The maximum absolute atomic E-state index is 11.7. The van der Waals surface area contributed by atoms with Gasteiger partial charge in [-0.1, -0.05) is 19.1 Å². The minimum atomic E-state index is -3.39. The molecule has 0 spiro atoms. The lowest BCUT2D eigenvalue weighted by Crippen LogP contribution is -2.46. The van der Waals surface area contributed by atoms with Gasteiger partial charge in [0, 0.05) is 13.1 Å². The third-order valence-corrected chi connectivity index (χ3v) is 4.21. The molecule has 1 aliphatic heterocycles. The monoisotopic (exact) mass is 251 g/mol. The van der Waals surface area contributed by atoms with E-state index < -0.39 is 10.2 Å². The van der Waals surface area contributed by atoms with E-state index in [0.29, 0.717) is 19.0 Å². The van der Waals surface area contributed by atoms with Gasteiger partial charge in [0.2, 0.25) is 0 Å². The summed E-state index contributed by atoms with van der Waals surface area (Å²) in [7, 11) is -3.39. The summed E-state index contributed by atoms with van der Waals surface area (Å²) in [5.74, 6) is 0.604. The Hall–Kier alpha value is -0.240. The second-order valence-electron chi connectivity index (χ2n) is 3.87. The summed E-state index contributed by atoms with van der Waals surface area (Å²) in [6.45, 7) is 3.32. The molecule has 0 aliphatic carbocycles. The van der Waals surface area contributed by atoms with Crippen LogP contribution in [0.1, 0.15) is 19.8 Å². The van der Waals surface area contributed by atoms with E-state index in [1.165, 1.54) is 4.31 Å². The van der Waals surface area contributed by atoms with E-state index in [4.69, 9.17) is 5.73 Å². The molecule has 15 heavy (non-hydrogen) atoms. The zero-order valence-corrected chi connectivity index (χ0v) is 10.4. The molecule has 3 N–H and O–H groups in total. The van der Waals surface area contributed by atoms with Crippen molar-refractivity contribution >= 4 is 27.4 Å². The summed E-state index contributed by atoms with van der Waals surface area (Å²) >= 11 is 4.62. The second kappa shape index (κ2) is 5.20. The number of hydrogen-bond donors (Lipinski definition) is 2. The summed E-state index contributed by atoms with van der Waals surface area (Å²) in [6, 6.07) is 0. The van der Waals surface area contributed by atoms with Gasteiger partial charge in [0.15, 0.2) is 0 Å². The summed E-state index contributed by atoms with van der Waals surface area (Å²) in [5.41, 5.74) is 5.24. The van der Waals surface area contributed by atoms with Crippen LogP contribution in [0.3, 0.4) is 0 Å². The summed E-state index contributed by atoms with van der Waals surface area (Å²) in [5, 5.41) is 0. The third-order valence-electron chi connectivity index (χ3n) is 2.51. The molecule has 0 aromatic heterocycles. The third kappa shape index (κ3) is 4.02. The lowest BCUT2D eigenvalue weighted by Gasteiger charge is -2.29. The van der Waals surface area contributed by atoms with Crippen LogP contribution in [-0.4, -0.2) is 37.3 Å². The highest BCUT2D eigenvalue weighted by atomic mass is 32.2. The van der Waals surface area contributed by atoms with E-state index in [0.717, 1.165) is 12.8 Å². The van der Waals surface area contributed by atoms with Crippen molar-refractivity contribution in [2.24, 2.45) is 11.7 Å². The Morgan fingerprint density at radius 2 is 2.07 bits per heavy atom. The van der Waals surface area contributed by atoms with Crippen molar-refractivity contribution < 1.29 is 8.42 Å². The number of nitrogens with zero attached hydrogens (tertiary/aromatic N) is 1. The van der Waals surface area contributed by atoms with Gasteiger partial charge in [-0.15, -0.1) is 0 Å². The van der Waals surface area contributed by atoms with Crippen molar-refractivity contribution in [1.82, 2.24) is 9.03 Å². The molecule has 0 saturated carbocycles. The Morgan fingerprint density at radius 3 is 2.53 bits per heavy atom. The zero-order valence-electron chi connectivity index (χ0n) is 8.77. The minimum absolute atomic E-state index is 0.0315. The highest BCUT2D eigenvalue weighted by Gasteiger charge is 2.25. The number of nitrogens with two attached hydrogens (primary N) is 1. The topological polar surface area (TPSA) is 75.4 Å². The average molecular weight is 251 g/mol. The van der Waals surface area contributed by atoms with E-state index >= 15 is 0 Å². The van der Waals surface area contributed by atoms with Gasteiger partial charge >= 0.3 is 0 Å². The number of piperidine rings is 1. The molecule has 5 nitrogen and oxygen atoms in total. The first-order chi connectivity index (χ1) is 6.92.